The average Bonchev–Trinajstić information content (AvgIpc) is 2.89. The predicted octanol–water partition coefficient (Wildman–Crippen LogP) is 3.26. The predicted molar refractivity (Wildman–Crippen MR) is 86.5 cm³/mol. The number of aromatic nitrogens is 2. The van der Waals surface area contributed by atoms with Gasteiger partial charge in [-0.3, -0.25) is 4.79 Å². The summed E-state index contributed by atoms with van der Waals surface area (Å²) in [7, 11) is 0. The lowest BCUT2D eigenvalue weighted by Gasteiger charge is -2.07. The summed E-state index contributed by atoms with van der Waals surface area (Å²) < 4.78 is 5.17. The smallest absolute Gasteiger partial charge is 0.271 e. The molecule has 0 bridgehead atoms. The average molecular weight is 306 g/mol. The van der Waals surface area contributed by atoms with E-state index >= 15 is 0 Å². The van der Waals surface area contributed by atoms with Crippen molar-refractivity contribution in [1.82, 2.24) is 10.1 Å². The van der Waals surface area contributed by atoms with Gasteiger partial charge in [0.15, 0.2) is 0 Å². The molecular weight excluding hydrogens is 292 g/mol. The first-order valence-electron chi connectivity index (χ1n) is 7.01. The summed E-state index contributed by atoms with van der Waals surface area (Å²) in [5.74, 6) is 0.693. The molecule has 114 valence electrons. The Morgan fingerprint density at radius 1 is 1.26 bits per heavy atom. The summed E-state index contributed by atoms with van der Waals surface area (Å²) in [6.07, 6.45) is 1.64. The van der Waals surface area contributed by atoms with Crippen molar-refractivity contribution in [3.8, 4) is 17.2 Å². The third-order valence-electron chi connectivity index (χ3n) is 3.52. The van der Waals surface area contributed by atoms with Gasteiger partial charge in [0.25, 0.3) is 5.56 Å². The van der Waals surface area contributed by atoms with Gasteiger partial charge in [-0.1, -0.05) is 5.16 Å². The summed E-state index contributed by atoms with van der Waals surface area (Å²) in [5, 5.41) is 15.8. The molecule has 6 nitrogen and oxygen atoms in total. The molecule has 0 saturated heterocycles. The first kappa shape index (κ1) is 14.6. The molecule has 2 N–H and O–H groups in total. The van der Waals surface area contributed by atoms with Crippen molar-refractivity contribution in [3.63, 3.8) is 0 Å². The fourth-order valence-corrected chi connectivity index (χ4v) is 2.40. The van der Waals surface area contributed by atoms with E-state index in [2.05, 4.69) is 21.5 Å². The standard InChI is InChI=1S/C17H14N4O2/c1-10-16(11(2)23-21-10)13-7-15(17(22)19-9-13)20-14-5-3-12(8-18)4-6-14/h3-7,9,20H,1-2H3,(H,19,22). The molecular formula is C17H14N4O2. The number of benzene rings is 1. The molecule has 0 saturated carbocycles. The van der Waals surface area contributed by atoms with E-state index in [0.29, 0.717) is 17.0 Å². The van der Waals surface area contributed by atoms with Crippen molar-refractivity contribution < 1.29 is 4.52 Å². The van der Waals surface area contributed by atoms with Crippen molar-refractivity contribution in [2.45, 2.75) is 13.8 Å². The Labute approximate surface area is 132 Å². The third kappa shape index (κ3) is 2.85. The Morgan fingerprint density at radius 2 is 2.00 bits per heavy atom. The quantitative estimate of drug-likeness (QED) is 0.774. The van der Waals surface area contributed by atoms with Gasteiger partial charge in [-0.05, 0) is 44.2 Å². The molecule has 2 aromatic heterocycles. The number of rotatable bonds is 3. The second-order valence-electron chi connectivity index (χ2n) is 5.14. The van der Waals surface area contributed by atoms with E-state index in [1.807, 2.05) is 13.8 Å². The largest absolute Gasteiger partial charge is 0.361 e. The third-order valence-corrected chi connectivity index (χ3v) is 3.52. The molecule has 0 atom stereocenters. The minimum Gasteiger partial charge on any atom is -0.361 e. The number of hydrogen-bond donors (Lipinski definition) is 2. The normalized spacial score (nSPS) is 10.3. The highest BCUT2D eigenvalue weighted by atomic mass is 16.5. The summed E-state index contributed by atoms with van der Waals surface area (Å²) in [4.78, 5) is 14.7. The lowest BCUT2D eigenvalue weighted by molar-refractivity contribution is 0.393. The van der Waals surface area contributed by atoms with Crippen molar-refractivity contribution in [2.24, 2.45) is 0 Å². The first-order chi connectivity index (χ1) is 11.1. The highest BCUT2D eigenvalue weighted by Crippen LogP contribution is 2.27. The van der Waals surface area contributed by atoms with E-state index in [0.717, 1.165) is 22.5 Å². The van der Waals surface area contributed by atoms with Crippen LogP contribution in [-0.4, -0.2) is 10.1 Å². The molecule has 0 aliphatic heterocycles. The van der Waals surface area contributed by atoms with Gasteiger partial charge in [0.2, 0.25) is 0 Å². The van der Waals surface area contributed by atoms with E-state index in [9.17, 15) is 4.79 Å². The van der Waals surface area contributed by atoms with Crippen molar-refractivity contribution in [1.29, 1.82) is 5.26 Å². The SMILES string of the molecule is Cc1noc(C)c1-c1c[nH]c(=O)c(Nc2ccc(C#N)cc2)c1. The van der Waals surface area contributed by atoms with Crippen molar-refractivity contribution in [2.75, 3.05) is 5.32 Å². The number of hydrogen-bond acceptors (Lipinski definition) is 5. The maximum absolute atomic E-state index is 12.0. The van der Waals surface area contributed by atoms with Crippen LogP contribution in [0.15, 0.2) is 45.8 Å². The number of pyridine rings is 1. The van der Waals surface area contributed by atoms with Crippen molar-refractivity contribution in [3.05, 3.63) is 63.9 Å². The zero-order chi connectivity index (χ0) is 16.4. The van der Waals surface area contributed by atoms with E-state index in [-0.39, 0.29) is 5.56 Å². The molecule has 2 heterocycles. The minimum atomic E-state index is -0.232. The Kier molecular flexibility index (Phi) is 3.69. The summed E-state index contributed by atoms with van der Waals surface area (Å²) in [6.45, 7) is 3.68. The fourth-order valence-electron chi connectivity index (χ4n) is 2.40. The fraction of sp³-hybridized carbons (Fsp3) is 0.118. The highest BCUT2D eigenvalue weighted by Gasteiger charge is 2.13. The van der Waals surface area contributed by atoms with E-state index in [4.69, 9.17) is 9.78 Å². The maximum Gasteiger partial charge on any atom is 0.271 e. The number of nitriles is 1. The molecule has 0 fully saturated rings. The second kappa shape index (κ2) is 5.81. The maximum atomic E-state index is 12.0. The van der Waals surface area contributed by atoms with Gasteiger partial charge in [0, 0.05) is 23.0 Å². The molecule has 0 amide bonds. The highest BCUT2D eigenvalue weighted by molar-refractivity contribution is 5.72. The van der Waals surface area contributed by atoms with Gasteiger partial charge in [-0.15, -0.1) is 0 Å². The van der Waals surface area contributed by atoms with Crippen LogP contribution in [0.1, 0.15) is 17.0 Å². The number of aryl methyl sites for hydroxylation is 2. The Hall–Kier alpha value is -3.33. The van der Waals surface area contributed by atoms with Crippen LogP contribution in [0.25, 0.3) is 11.1 Å². The van der Waals surface area contributed by atoms with Gasteiger partial charge in [-0.25, -0.2) is 0 Å². The number of nitrogens with zero attached hydrogens (tertiary/aromatic N) is 2. The monoisotopic (exact) mass is 306 g/mol. The zero-order valence-corrected chi connectivity index (χ0v) is 12.7. The molecule has 3 aromatic rings. The van der Waals surface area contributed by atoms with Gasteiger partial charge < -0.3 is 14.8 Å². The summed E-state index contributed by atoms with van der Waals surface area (Å²) >= 11 is 0. The van der Waals surface area contributed by atoms with Crippen LogP contribution < -0.4 is 10.9 Å². The molecule has 0 aliphatic carbocycles. The lowest BCUT2D eigenvalue weighted by Crippen LogP contribution is -2.11. The summed E-state index contributed by atoms with van der Waals surface area (Å²) in [6, 6.07) is 10.7. The molecule has 6 heteroatoms. The lowest BCUT2D eigenvalue weighted by atomic mass is 10.1. The molecule has 3 rings (SSSR count). The van der Waals surface area contributed by atoms with Crippen LogP contribution in [0.3, 0.4) is 0 Å². The van der Waals surface area contributed by atoms with Gasteiger partial charge >= 0.3 is 0 Å². The van der Waals surface area contributed by atoms with Crippen LogP contribution >= 0.6 is 0 Å². The Balaban J connectivity index is 1.98. The van der Waals surface area contributed by atoms with Gasteiger partial charge in [-0.2, -0.15) is 5.26 Å². The molecule has 0 unspecified atom stereocenters. The summed E-state index contributed by atoms with van der Waals surface area (Å²) in [5.41, 5.74) is 3.91. The van der Waals surface area contributed by atoms with Crippen LogP contribution in [-0.2, 0) is 0 Å². The molecule has 1 aromatic carbocycles. The van der Waals surface area contributed by atoms with Crippen LogP contribution in [0, 0.1) is 25.2 Å². The first-order valence-corrected chi connectivity index (χ1v) is 7.01. The number of aromatic amines is 1. The molecule has 23 heavy (non-hydrogen) atoms. The van der Waals surface area contributed by atoms with Crippen molar-refractivity contribution >= 4 is 11.4 Å². The Bertz CT molecular complexity index is 926. The van der Waals surface area contributed by atoms with E-state index in [1.54, 1.807) is 36.5 Å². The minimum absolute atomic E-state index is 0.232. The van der Waals surface area contributed by atoms with E-state index < -0.39 is 0 Å². The number of anilines is 2. The van der Waals surface area contributed by atoms with Gasteiger partial charge in [0.1, 0.15) is 11.4 Å². The zero-order valence-electron chi connectivity index (χ0n) is 12.7. The molecule has 0 radical (unpaired) electrons. The number of H-pyrrole nitrogens is 1. The Morgan fingerprint density at radius 3 is 2.61 bits per heavy atom. The van der Waals surface area contributed by atoms with Gasteiger partial charge in [0.05, 0.1) is 17.3 Å². The molecule has 0 spiro atoms. The second-order valence-corrected chi connectivity index (χ2v) is 5.14. The van der Waals surface area contributed by atoms with E-state index in [1.165, 1.54) is 0 Å². The van der Waals surface area contributed by atoms with Crippen LogP contribution in [0.5, 0.6) is 0 Å². The van der Waals surface area contributed by atoms with Crippen LogP contribution in [0.4, 0.5) is 11.4 Å². The van der Waals surface area contributed by atoms with Crippen LogP contribution in [0.2, 0.25) is 0 Å². The molecule has 0 aliphatic rings. The topological polar surface area (TPSA) is 94.7 Å². The number of nitrogens with one attached hydrogen (secondary N) is 2.